The molecule has 14 atom stereocenters. The number of quaternary nitrogens is 1. The lowest BCUT2D eigenvalue weighted by Gasteiger charge is -2.31. The molecule has 49 heteroatoms. The molecule has 0 saturated carbocycles. The Morgan fingerprint density at radius 3 is 1.21 bits per heavy atom. The van der Waals surface area contributed by atoms with E-state index < -0.39 is 295 Å². The van der Waals surface area contributed by atoms with Crippen molar-refractivity contribution in [3.05, 3.63) is 59.7 Å². The molecule has 47 nitrogen and oxygen atoms in total. The number of carbonyl (C=O) groups excluding carboxylic acids is 18. The first-order valence-corrected chi connectivity index (χ1v) is 38.1. The molecule has 2 aromatic rings. The van der Waals surface area contributed by atoms with Crippen LogP contribution in [-0.2, 0) is 108 Å². The van der Waals surface area contributed by atoms with E-state index in [4.69, 9.17) is 0 Å². The van der Waals surface area contributed by atoms with Crippen LogP contribution in [-0.4, -0.2) is 231 Å². The van der Waals surface area contributed by atoms with E-state index in [1.54, 1.807) is 0 Å². The summed E-state index contributed by atoms with van der Waals surface area (Å²) in [4.78, 5) is 285. The van der Waals surface area contributed by atoms with Gasteiger partial charge in [0.1, 0.15) is 93.6 Å². The SMILES string of the molecule is CC(C)[C@H](NC(=O)[C@H](CCC(=O)[O-])NC(=O)[C@@H](NC(=O)[C@@H]([NH3+])CC(=O)[O-])[C@@H](C)O)C(=O)N[C@@H](Cc1ccc(OP(=O)([O-])[O-])cc1)C(=O)N[C@@H](CCC(=O)[O-])C(=O)N[C@@H](CO)C(=O)N1CCC[C@H]1C(=O)N[C@@H](Cc1ccc(OP(=O)([O-])[O-])cc1)C(=O)N[C@@H](C)C(=O)N[C@@H](CC(=O)[O-])C(=O)N1CCC[C@H]1C(=O)N[C@@H](CCC(=O)[O-])C(=O)[O-]. The van der Waals surface area contributed by atoms with Gasteiger partial charge in [0.2, 0.25) is 65.0 Å². The number of carbonyl (C=O) groups is 18. The van der Waals surface area contributed by atoms with Crippen molar-refractivity contribution in [2.75, 3.05) is 19.7 Å². The van der Waals surface area contributed by atoms with E-state index >= 15 is 0 Å². The molecular weight excluding hydrogens is 1580 g/mol. The maximum atomic E-state index is 14.6. The Hall–Kier alpha value is -11.3. The third-order valence-electron chi connectivity index (χ3n) is 17.5. The second-order valence-electron chi connectivity index (χ2n) is 26.9. The molecule has 12 amide bonds. The molecule has 0 unspecified atom stereocenters. The van der Waals surface area contributed by atoms with E-state index in [0.29, 0.717) is 0 Å². The number of phosphoric ester groups is 2. The number of carboxylic acids is 6. The highest BCUT2D eigenvalue weighted by Crippen LogP contribution is 2.31. The highest BCUT2D eigenvalue weighted by atomic mass is 31.2. The van der Waals surface area contributed by atoms with Crippen LogP contribution in [0.1, 0.15) is 116 Å². The van der Waals surface area contributed by atoms with Crippen molar-refractivity contribution in [1.29, 1.82) is 0 Å². The van der Waals surface area contributed by atoms with Gasteiger partial charge in [-0.1, -0.05) is 38.1 Å². The maximum Gasteiger partial charge on any atom is 0.279 e. The lowest BCUT2D eigenvalue weighted by Crippen LogP contribution is -2.70. The van der Waals surface area contributed by atoms with Gasteiger partial charge in [0.05, 0.1) is 24.7 Å². The highest BCUT2D eigenvalue weighted by molar-refractivity contribution is 7.43. The molecule has 2 aliphatic rings. The van der Waals surface area contributed by atoms with Gasteiger partial charge in [-0.05, 0) is 119 Å². The maximum absolute atomic E-state index is 14.6. The normalized spacial score (nSPS) is 17.2. The molecule has 0 spiro atoms. The summed E-state index contributed by atoms with van der Waals surface area (Å²) in [7, 11) is -11.3. The Kier molecular flexibility index (Phi) is 37.1. The Labute approximate surface area is 652 Å². The Morgan fingerprint density at radius 2 is 0.800 bits per heavy atom. The summed E-state index contributed by atoms with van der Waals surface area (Å²) < 4.78 is 31.5. The van der Waals surface area contributed by atoms with Gasteiger partial charge in [0.15, 0.2) is 6.04 Å². The van der Waals surface area contributed by atoms with Crippen LogP contribution in [0.4, 0.5) is 0 Å². The number of likely N-dealkylation sites (tertiary alicyclic amines) is 2. The first-order valence-electron chi connectivity index (χ1n) is 35.2. The topological polar surface area (TPSA) is 785 Å². The molecule has 2 fully saturated rings. The third kappa shape index (κ3) is 32.2. The zero-order valence-corrected chi connectivity index (χ0v) is 63.5. The number of carboxylic acid groups (broad SMARTS) is 6. The molecule has 4 rings (SSSR count). The molecule has 115 heavy (non-hydrogen) atoms. The van der Waals surface area contributed by atoms with Gasteiger partial charge in [0.25, 0.3) is 5.91 Å². The minimum Gasteiger partial charge on any atom is -0.780 e. The van der Waals surface area contributed by atoms with Crippen LogP contribution in [0.15, 0.2) is 48.5 Å². The van der Waals surface area contributed by atoms with Crippen molar-refractivity contribution in [2.24, 2.45) is 5.92 Å². The second kappa shape index (κ2) is 44.4. The monoisotopic (exact) mass is 1660 g/mol. The lowest BCUT2D eigenvalue weighted by atomic mass is 9.99. The molecule has 2 aromatic carbocycles. The van der Waals surface area contributed by atoms with E-state index in [9.17, 15) is 156 Å². The molecule has 636 valence electrons. The number of nitrogens with zero attached hydrogens (tertiary/aromatic N) is 2. The summed E-state index contributed by atoms with van der Waals surface area (Å²) in [5, 5.41) is 113. The quantitative estimate of drug-likeness (QED) is 0.0274. The van der Waals surface area contributed by atoms with Crippen LogP contribution in [0.5, 0.6) is 11.5 Å². The van der Waals surface area contributed by atoms with Crippen molar-refractivity contribution in [3.8, 4) is 11.5 Å². The fraction of sp³-hybridized carbons (Fsp3) is 0.545. The van der Waals surface area contributed by atoms with E-state index in [-0.39, 0.29) is 49.9 Å². The van der Waals surface area contributed by atoms with E-state index in [1.165, 1.54) is 13.8 Å². The van der Waals surface area contributed by atoms with Crippen LogP contribution >= 0.6 is 15.6 Å². The predicted molar refractivity (Wildman–Crippen MR) is 358 cm³/mol. The number of nitrogens with one attached hydrogen (secondary N) is 10. The summed E-state index contributed by atoms with van der Waals surface area (Å²) in [6.45, 7) is 2.79. The molecule has 0 radical (unpaired) electrons. The van der Waals surface area contributed by atoms with Gasteiger partial charge >= 0.3 is 0 Å². The number of aliphatic hydroxyl groups is 2. The second-order valence-corrected chi connectivity index (χ2v) is 29.0. The zero-order valence-electron chi connectivity index (χ0n) is 61.8. The van der Waals surface area contributed by atoms with Gasteiger partial charge in [-0.3, -0.25) is 57.5 Å². The van der Waals surface area contributed by atoms with Crippen LogP contribution < -0.4 is 118 Å². The summed E-state index contributed by atoms with van der Waals surface area (Å²) in [5.74, 6) is -28.1. The number of aliphatic hydroxyl groups excluding tert-OH is 2. The Bertz CT molecular complexity index is 4010. The van der Waals surface area contributed by atoms with Crippen LogP contribution in [0.25, 0.3) is 0 Å². The largest absolute Gasteiger partial charge is 0.780 e. The summed E-state index contributed by atoms with van der Waals surface area (Å²) in [6.07, 6.45) is -10.8. The van der Waals surface area contributed by atoms with Crippen LogP contribution in [0.2, 0.25) is 0 Å². The van der Waals surface area contributed by atoms with Crippen LogP contribution in [0, 0.1) is 5.92 Å². The number of benzene rings is 2. The lowest BCUT2D eigenvalue weighted by molar-refractivity contribution is -0.409. The highest BCUT2D eigenvalue weighted by Gasteiger charge is 2.43. The van der Waals surface area contributed by atoms with Gasteiger partial charge in [-0.25, -0.2) is 0 Å². The fourth-order valence-corrected chi connectivity index (χ4v) is 12.5. The summed E-state index contributed by atoms with van der Waals surface area (Å²) >= 11 is 0. The number of aliphatic carboxylic acids is 6. The number of rotatable bonds is 47. The average molecular weight is 1670 g/mol. The predicted octanol–water partition coefficient (Wildman–Crippen LogP) is -18.0. The zero-order chi connectivity index (χ0) is 86.7. The van der Waals surface area contributed by atoms with Gasteiger partial charge in [0, 0.05) is 68.6 Å². The molecular formula is C66H84N13O34P2-9. The average Bonchev–Trinajstić information content (AvgIpc) is 1.73. The van der Waals surface area contributed by atoms with Crippen LogP contribution in [0.3, 0.4) is 0 Å². The van der Waals surface area contributed by atoms with E-state index in [1.807, 2.05) is 10.6 Å². The van der Waals surface area contributed by atoms with Crippen molar-refractivity contribution >= 4 is 122 Å². The number of amides is 12. The standard InChI is InChI=1S/C66H93N13O34P2/c1-30(2)52(76-57(95)39(18-21-48(84)85)70-63(101)53(32(4)81)77-55(93)37(67)27-50(88)89)62(100)73-42(26-34-11-15-36(16-12-34)113-115(109,110)111)59(97)69-38(17-20-47(82)83)56(94)75-44(29-80)65(103)79-24-6-8-46(79)61(99)72-41(25-33-9-13-35(14-10-33)112-114(106,107)108)58(96)68-31(3)54(92)74-43(28-51(90)91)64(102)78-23-5-7-45(78)60(98)71-40(66(104)105)19-22-49(86)87/h9-16,30-32,37-46,52-53,80-81H,5-8,17-29,67H2,1-4H3,(H,68,96)(H,69,97)(H,70,101)(H,71,98)(H,72,99)(H,73,100)(H,74,92)(H,75,94)(H,76,95)(H,77,93)(H,82,83)(H,84,85)(H,86,87)(H,88,89)(H,90,91)(H,104,105)(H2,106,107,108)(H2,109,110,111)/p-9/t31-,32+,37-,38-,39-,40-,41-,42-,43-,44-,45-,46-,52-,53-/m0/s1. The van der Waals surface area contributed by atoms with Gasteiger partial charge < -0.3 is 176 Å². The van der Waals surface area contributed by atoms with Crippen molar-refractivity contribution in [1.82, 2.24) is 63.0 Å². The Balaban J connectivity index is 1.64. The summed E-state index contributed by atoms with van der Waals surface area (Å²) in [6, 6.07) is -15.9. The van der Waals surface area contributed by atoms with Gasteiger partial charge in [-0.2, -0.15) is 0 Å². The first kappa shape index (κ1) is 96.1. The molecule has 0 aliphatic carbocycles. The fourth-order valence-electron chi connectivity index (χ4n) is 11.7. The molecule has 0 bridgehead atoms. The number of phosphoric acid groups is 2. The molecule has 2 saturated heterocycles. The van der Waals surface area contributed by atoms with E-state index in [2.05, 4.69) is 57.3 Å². The molecule has 2 aliphatic heterocycles. The van der Waals surface area contributed by atoms with Crippen molar-refractivity contribution in [2.45, 2.75) is 202 Å². The Morgan fingerprint density at radius 1 is 0.443 bits per heavy atom. The molecule has 15 N–H and O–H groups in total. The molecule has 2 heterocycles. The smallest absolute Gasteiger partial charge is 0.279 e. The minimum absolute atomic E-state index is 0.00135. The number of hydrogen-bond donors (Lipinski definition) is 13. The van der Waals surface area contributed by atoms with E-state index in [0.717, 1.165) is 72.2 Å². The molecule has 0 aromatic heterocycles. The number of hydrogen-bond acceptors (Lipinski definition) is 34. The summed E-state index contributed by atoms with van der Waals surface area (Å²) in [5.41, 5.74) is 3.40. The van der Waals surface area contributed by atoms with Crippen molar-refractivity contribution in [3.63, 3.8) is 0 Å². The van der Waals surface area contributed by atoms with Crippen molar-refractivity contribution < 1.29 is 171 Å². The third-order valence-corrected chi connectivity index (χ3v) is 18.4. The minimum atomic E-state index is -5.66. The van der Waals surface area contributed by atoms with Gasteiger partial charge in [-0.15, -0.1) is 0 Å². The first-order chi connectivity index (χ1) is 53.6.